The van der Waals surface area contributed by atoms with E-state index in [1.54, 1.807) is 0 Å². The first kappa shape index (κ1) is 16.7. The van der Waals surface area contributed by atoms with Gasteiger partial charge in [0.25, 0.3) is 0 Å². The van der Waals surface area contributed by atoms with Gasteiger partial charge in [-0.15, -0.1) is 12.4 Å². The van der Waals surface area contributed by atoms with E-state index in [-0.39, 0.29) is 24.4 Å². The molecule has 0 saturated carbocycles. The van der Waals surface area contributed by atoms with Gasteiger partial charge in [-0.05, 0) is 25.7 Å². The van der Waals surface area contributed by atoms with Gasteiger partial charge < -0.3 is 10.6 Å². The SMILES string of the molecule is CCCCC(CC)C(=O)N1CCCC(N)C1.Cl. The van der Waals surface area contributed by atoms with Crippen LogP contribution >= 0.6 is 12.4 Å². The molecule has 1 aliphatic rings. The summed E-state index contributed by atoms with van der Waals surface area (Å²) >= 11 is 0. The predicted octanol–water partition coefficient (Wildman–Crippen LogP) is 2.57. The van der Waals surface area contributed by atoms with E-state index < -0.39 is 0 Å². The van der Waals surface area contributed by atoms with E-state index in [2.05, 4.69) is 13.8 Å². The summed E-state index contributed by atoms with van der Waals surface area (Å²) in [6, 6.07) is 0.196. The highest BCUT2D eigenvalue weighted by Crippen LogP contribution is 2.18. The topological polar surface area (TPSA) is 46.3 Å². The number of carbonyl (C=O) groups excluding carboxylic acids is 1. The first-order valence-corrected chi connectivity index (χ1v) is 6.73. The molecule has 102 valence electrons. The summed E-state index contributed by atoms with van der Waals surface area (Å²) in [5.74, 6) is 0.566. The van der Waals surface area contributed by atoms with Gasteiger partial charge in [0.1, 0.15) is 0 Å². The summed E-state index contributed by atoms with van der Waals surface area (Å²) in [7, 11) is 0. The molecule has 0 radical (unpaired) electrons. The summed E-state index contributed by atoms with van der Waals surface area (Å²) < 4.78 is 0. The molecule has 1 aliphatic heterocycles. The molecule has 3 nitrogen and oxygen atoms in total. The van der Waals surface area contributed by atoms with Crippen molar-refractivity contribution in [3.8, 4) is 0 Å². The van der Waals surface area contributed by atoms with Crippen LogP contribution in [0.3, 0.4) is 0 Å². The van der Waals surface area contributed by atoms with Crippen LogP contribution < -0.4 is 5.73 Å². The average Bonchev–Trinajstić information content (AvgIpc) is 2.29. The monoisotopic (exact) mass is 262 g/mol. The van der Waals surface area contributed by atoms with Crippen LogP contribution in [0.2, 0.25) is 0 Å². The first-order valence-electron chi connectivity index (χ1n) is 6.73. The number of hydrogen-bond acceptors (Lipinski definition) is 2. The Morgan fingerprint density at radius 3 is 2.71 bits per heavy atom. The van der Waals surface area contributed by atoms with Crippen LogP contribution in [0, 0.1) is 5.92 Å². The summed E-state index contributed by atoms with van der Waals surface area (Å²) in [6.45, 7) is 5.97. The second kappa shape index (κ2) is 8.76. The number of nitrogens with zero attached hydrogens (tertiary/aromatic N) is 1. The van der Waals surface area contributed by atoms with Crippen LogP contribution in [0.1, 0.15) is 52.4 Å². The molecule has 1 saturated heterocycles. The molecule has 1 heterocycles. The van der Waals surface area contributed by atoms with Crippen LogP contribution in [0.25, 0.3) is 0 Å². The Hall–Kier alpha value is -0.280. The van der Waals surface area contributed by atoms with Crippen LogP contribution in [0.15, 0.2) is 0 Å². The summed E-state index contributed by atoms with van der Waals surface area (Å²) in [6.07, 6.45) is 6.46. The van der Waals surface area contributed by atoms with Gasteiger partial charge in [-0.1, -0.05) is 26.7 Å². The normalized spacial score (nSPS) is 21.8. The van der Waals surface area contributed by atoms with Crippen molar-refractivity contribution < 1.29 is 4.79 Å². The van der Waals surface area contributed by atoms with Crippen molar-refractivity contribution >= 4 is 18.3 Å². The summed E-state index contributed by atoms with van der Waals surface area (Å²) in [5.41, 5.74) is 5.91. The van der Waals surface area contributed by atoms with E-state index in [4.69, 9.17) is 5.73 Å². The van der Waals surface area contributed by atoms with E-state index >= 15 is 0 Å². The highest BCUT2D eigenvalue weighted by Gasteiger charge is 2.26. The molecule has 1 rings (SSSR count). The standard InChI is InChI=1S/C13H26N2O.ClH/c1-3-5-7-11(4-2)13(16)15-9-6-8-12(14)10-15;/h11-12H,3-10,14H2,1-2H3;1H. The third-order valence-corrected chi connectivity index (χ3v) is 3.52. The van der Waals surface area contributed by atoms with E-state index in [1.165, 1.54) is 6.42 Å². The lowest BCUT2D eigenvalue weighted by Gasteiger charge is -2.33. The second-order valence-corrected chi connectivity index (χ2v) is 4.93. The van der Waals surface area contributed by atoms with Gasteiger partial charge >= 0.3 is 0 Å². The van der Waals surface area contributed by atoms with E-state index in [1.807, 2.05) is 4.90 Å². The fraction of sp³-hybridized carbons (Fsp3) is 0.923. The molecule has 0 aromatic carbocycles. The molecule has 2 N–H and O–H groups in total. The first-order chi connectivity index (χ1) is 7.69. The molecule has 0 aliphatic carbocycles. The number of halogens is 1. The number of rotatable bonds is 5. The lowest BCUT2D eigenvalue weighted by molar-refractivity contribution is -0.137. The van der Waals surface area contributed by atoms with Crippen molar-refractivity contribution in [2.45, 2.75) is 58.4 Å². The molecule has 0 bridgehead atoms. The Balaban J connectivity index is 0.00000256. The van der Waals surface area contributed by atoms with Gasteiger partial charge in [-0.3, -0.25) is 4.79 Å². The fourth-order valence-corrected chi connectivity index (χ4v) is 2.42. The van der Waals surface area contributed by atoms with Gasteiger partial charge in [0.15, 0.2) is 0 Å². The number of carbonyl (C=O) groups is 1. The van der Waals surface area contributed by atoms with Gasteiger partial charge in [-0.25, -0.2) is 0 Å². The molecule has 2 unspecified atom stereocenters. The van der Waals surface area contributed by atoms with E-state index in [0.29, 0.717) is 5.91 Å². The van der Waals surface area contributed by atoms with E-state index in [9.17, 15) is 4.79 Å². The second-order valence-electron chi connectivity index (χ2n) is 4.93. The van der Waals surface area contributed by atoms with Gasteiger partial charge in [0, 0.05) is 25.0 Å². The molecule has 2 atom stereocenters. The number of unbranched alkanes of at least 4 members (excludes halogenated alkanes) is 1. The van der Waals surface area contributed by atoms with Gasteiger partial charge in [0.05, 0.1) is 0 Å². The minimum atomic E-state index is 0. The number of hydrogen-bond donors (Lipinski definition) is 1. The minimum absolute atomic E-state index is 0. The quantitative estimate of drug-likeness (QED) is 0.828. The fourth-order valence-electron chi connectivity index (χ4n) is 2.42. The number of piperidine rings is 1. The highest BCUT2D eigenvalue weighted by atomic mass is 35.5. The Labute approximate surface area is 112 Å². The van der Waals surface area contributed by atoms with Crippen molar-refractivity contribution in [3.05, 3.63) is 0 Å². The lowest BCUT2D eigenvalue weighted by Crippen LogP contribution is -2.47. The third kappa shape index (κ3) is 5.26. The zero-order chi connectivity index (χ0) is 12.0. The highest BCUT2D eigenvalue weighted by molar-refractivity contribution is 5.85. The predicted molar refractivity (Wildman–Crippen MR) is 74.3 cm³/mol. The maximum atomic E-state index is 12.3. The molecular weight excluding hydrogens is 236 g/mol. The molecule has 1 fully saturated rings. The maximum absolute atomic E-state index is 12.3. The van der Waals surface area contributed by atoms with Crippen molar-refractivity contribution in [1.29, 1.82) is 0 Å². The molecule has 1 amide bonds. The number of nitrogens with two attached hydrogens (primary N) is 1. The molecule has 0 aromatic heterocycles. The Bertz CT molecular complexity index is 223. The van der Waals surface area contributed by atoms with Crippen molar-refractivity contribution in [3.63, 3.8) is 0 Å². The van der Waals surface area contributed by atoms with Crippen LogP contribution in [-0.4, -0.2) is 29.9 Å². The van der Waals surface area contributed by atoms with Crippen molar-refractivity contribution in [2.75, 3.05) is 13.1 Å². The zero-order valence-corrected chi connectivity index (χ0v) is 12.0. The minimum Gasteiger partial charge on any atom is -0.341 e. The lowest BCUT2D eigenvalue weighted by atomic mass is 9.96. The molecule has 0 aromatic rings. The summed E-state index contributed by atoms with van der Waals surface area (Å²) in [5, 5.41) is 0. The van der Waals surface area contributed by atoms with Crippen LogP contribution in [0.5, 0.6) is 0 Å². The van der Waals surface area contributed by atoms with E-state index in [0.717, 1.165) is 45.2 Å². The Morgan fingerprint density at radius 2 is 2.18 bits per heavy atom. The average molecular weight is 263 g/mol. The smallest absolute Gasteiger partial charge is 0.225 e. The van der Waals surface area contributed by atoms with Gasteiger partial charge in [0.2, 0.25) is 5.91 Å². The largest absolute Gasteiger partial charge is 0.341 e. The Kier molecular flexibility index (Phi) is 8.61. The van der Waals surface area contributed by atoms with Gasteiger partial charge in [-0.2, -0.15) is 0 Å². The molecule has 0 spiro atoms. The van der Waals surface area contributed by atoms with Crippen molar-refractivity contribution in [2.24, 2.45) is 11.7 Å². The van der Waals surface area contributed by atoms with Crippen molar-refractivity contribution in [1.82, 2.24) is 4.90 Å². The number of amides is 1. The third-order valence-electron chi connectivity index (χ3n) is 3.52. The Morgan fingerprint density at radius 1 is 1.47 bits per heavy atom. The number of likely N-dealkylation sites (tertiary alicyclic amines) is 1. The maximum Gasteiger partial charge on any atom is 0.225 e. The molecule has 4 heteroatoms. The summed E-state index contributed by atoms with van der Waals surface area (Å²) in [4.78, 5) is 14.2. The molecule has 17 heavy (non-hydrogen) atoms. The van der Waals surface area contributed by atoms with Crippen LogP contribution in [-0.2, 0) is 4.79 Å². The van der Waals surface area contributed by atoms with Crippen LogP contribution in [0.4, 0.5) is 0 Å². The zero-order valence-electron chi connectivity index (χ0n) is 11.2. The molecular formula is C13H27ClN2O.